The SMILES string of the molecule is COc1cc(CN(C)C(=O)Nc2ccc(C(=O)N3CCC(C)CC3)cc2)ccc1O. The van der Waals surface area contributed by atoms with Crippen LogP contribution in [-0.4, -0.2) is 54.1 Å². The predicted octanol–water partition coefficient (Wildman–Crippen LogP) is 3.94. The zero-order valence-corrected chi connectivity index (χ0v) is 17.7. The minimum atomic E-state index is -0.272. The van der Waals surface area contributed by atoms with Crippen molar-refractivity contribution >= 4 is 17.6 Å². The van der Waals surface area contributed by atoms with E-state index in [2.05, 4.69) is 12.2 Å². The number of benzene rings is 2. The fourth-order valence-electron chi connectivity index (χ4n) is 3.48. The van der Waals surface area contributed by atoms with E-state index >= 15 is 0 Å². The summed E-state index contributed by atoms with van der Waals surface area (Å²) in [6.45, 7) is 4.16. The molecule has 30 heavy (non-hydrogen) atoms. The monoisotopic (exact) mass is 411 g/mol. The summed E-state index contributed by atoms with van der Waals surface area (Å²) < 4.78 is 5.10. The summed E-state index contributed by atoms with van der Waals surface area (Å²) in [5, 5.41) is 12.5. The highest BCUT2D eigenvalue weighted by Gasteiger charge is 2.21. The Morgan fingerprint density at radius 3 is 2.47 bits per heavy atom. The number of nitrogens with zero attached hydrogens (tertiary/aromatic N) is 2. The van der Waals surface area contributed by atoms with Crippen LogP contribution in [0.25, 0.3) is 0 Å². The van der Waals surface area contributed by atoms with Gasteiger partial charge in [0.05, 0.1) is 7.11 Å². The smallest absolute Gasteiger partial charge is 0.321 e. The molecule has 7 heteroatoms. The van der Waals surface area contributed by atoms with Gasteiger partial charge in [-0.05, 0) is 60.7 Å². The molecule has 0 atom stereocenters. The first-order valence-corrected chi connectivity index (χ1v) is 10.1. The van der Waals surface area contributed by atoms with Gasteiger partial charge in [-0.3, -0.25) is 4.79 Å². The topological polar surface area (TPSA) is 82.1 Å². The van der Waals surface area contributed by atoms with Crippen LogP contribution in [0.2, 0.25) is 0 Å². The van der Waals surface area contributed by atoms with Crippen molar-refractivity contribution in [1.29, 1.82) is 0 Å². The standard InChI is InChI=1S/C23H29N3O4/c1-16-10-12-26(13-11-16)22(28)18-5-7-19(8-6-18)24-23(29)25(2)15-17-4-9-20(27)21(14-17)30-3/h4-9,14,16,27H,10-13,15H2,1-3H3,(H,24,29). The van der Waals surface area contributed by atoms with Gasteiger partial charge in [-0.25, -0.2) is 4.79 Å². The zero-order chi connectivity index (χ0) is 21.7. The molecule has 0 saturated carbocycles. The maximum Gasteiger partial charge on any atom is 0.321 e. The van der Waals surface area contributed by atoms with E-state index in [0.29, 0.717) is 29.5 Å². The number of aromatic hydroxyl groups is 1. The number of phenols is 1. The predicted molar refractivity (Wildman–Crippen MR) is 116 cm³/mol. The number of piperidine rings is 1. The first-order valence-electron chi connectivity index (χ1n) is 10.1. The number of rotatable bonds is 5. The summed E-state index contributed by atoms with van der Waals surface area (Å²) >= 11 is 0. The molecule has 2 aromatic carbocycles. The molecule has 2 aromatic rings. The Morgan fingerprint density at radius 1 is 1.17 bits per heavy atom. The van der Waals surface area contributed by atoms with Crippen molar-refractivity contribution in [2.45, 2.75) is 26.3 Å². The number of likely N-dealkylation sites (tertiary alicyclic amines) is 1. The van der Waals surface area contributed by atoms with Crippen LogP contribution >= 0.6 is 0 Å². The number of nitrogens with one attached hydrogen (secondary N) is 1. The summed E-state index contributed by atoms with van der Waals surface area (Å²) in [6, 6.07) is 11.7. The van der Waals surface area contributed by atoms with Crippen molar-refractivity contribution in [1.82, 2.24) is 9.80 Å². The van der Waals surface area contributed by atoms with E-state index < -0.39 is 0 Å². The maximum atomic E-state index is 12.6. The fourth-order valence-corrected chi connectivity index (χ4v) is 3.48. The van der Waals surface area contributed by atoms with Crippen molar-refractivity contribution < 1.29 is 19.4 Å². The largest absolute Gasteiger partial charge is 0.504 e. The molecule has 1 saturated heterocycles. The second-order valence-electron chi connectivity index (χ2n) is 7.84. The van der Waals surface area contributed by atoms with E-state index in [0.717, 1.165) is 31.5 Å². The molecule has 7 nitrogen and oxygen atoms in total. The third-order valence-electron chi connectivity index (χ3n) is 5.46. The lowest BCUT2D eigenvalue weighted by Crippen LogP contribution is -2.37. The number of hydrogen-bond donors (Lipinski definition) is 2. The number of hydrogen-bond acceptors (Lipinski definition) is 4. The highest BCUT2D eigenvalue weighted by atomic mass is 16.5. The molecule has 1 fully saturated rings. The van der Waals surface area contributed by atoms with Crippen molar-refractivity contribution in [3.05, 3.63) is 53.6 Å². The molecule has 1 aliphatic rings. The third-order valence-corrected chi connectivity index (χ3v) is 5.46. The number of amides is 3. The fraction of sp³-hybridized carbons (Fsp3) is 0.391. The molecule has 2 N–H and O–H groups in total. The zero-order valence-electron chi connectivity index (χ0n) is 17.7. The summed E-state index contributed by atoms with van der Waals surface area (Å²) in [5.74, 6) is 1.14. The van der Waals surface area contributed by atoms with Crippen LogP contribution in [0.3, 0.4) is 0 Å². The highest BCUT2D eigenvalue weighted by molar-refractivity contribution is 5.95. The van der Waals surface area contributed by atoms with Gasteiger partial charge in [-0.2, -0.15) is 0 Å². The van der Waals surface area contributed by atoms with Crippen LogP contribution in [0, 0.1) is 5.92 Å². The molecule has 0 aromatic heterocycles. The number of anilines is 1. The Bertz CT molecular complexity index is 890. The summed E-state index contributed by atoms with van der Waals surface area (Å²) in [5.41, 5.74) is 2.09. The molecule has 0 radical (unpaired) electrons. The first-order chi connectivity index (χ1) is 14.4. The number of ether oxygens (including phenoxy) is 1. The van der Waals surface area contributed by atoms with Gasteiger partial charge in [0.25, 0.3) is 5.91 Å². The lowest BCUT2D eigenvalue weighted by molar-refractivity contribution is 0.0697. The normalized spacial score (nSPS) is 14.3. The Labute approximate surface area is 177 Å². The summed E-state index contributed by atoms with van der Waals surface area (Å²) in [6.07, 6.45) is 2.08. The lowest BCUT2D eigenvalue weighted by atomic mass is 9.98. The van der Waals surface area contributed by atoms with E-state index in [-0.39, 0.29) is 17.7 Å². The molecular formula is C23H29N3O4. The second-order valence-corrected chi connectivity index (χ2v) is 7.84. The van der Waals surface area contributed by atoms with Gasteiger partial charge >= 0.3 is 6.03 Å². The molecule has 3 amide bonds. The second kappa shape index (κ2) is 9.52. The van der Waals surface area contributed by atoms with Crippen LogP contribution in [0.1, 0.15) is 35.7 Å². The van der Waals surface area contributed by atoms with Crippen molar-refractivity contribution in [2.24, 2.45) is 5.92 Å². The number of carbonyl (C=O) groups excluding carboxylic acids is 2. The van der Waals surface area contributed by atoms with Crippen LogP contribution in [0.5, 0.6) is 11.5 Å². The number of phenolic OH excluding ortho intramolecular Hbond substituents is 1. The van der Waals surface area contributed by atoms with Gasteiger partial charge < -0.3 is 25.0 Å². The lowest BCUT2D eigenvalue weighted by Gasteiger charge is -2.30. The van der Waals surface area contributed by atoms with E-state index in [1.807, 2.05) is 4.90 Å². The third kappa shape index (κ3) is 5.23. The molecule has 160 valence electrons. The van der Waals surface area contributed by atoms with Crippen molar-refractivity contribution in [3.8, 4) is 11.5 Å². The van der Waals surface area contributed by atoms with Gasteiger partial charge in [-0.15, -0.1) is 0 Å². The Balaban J connectivity index is 1.56. The van der Waals surface area contributed by atoms with Crippen LogP contribution < -0.4 is 10.1 Å². The van der Waals surface area contributed by atoms with Crippen LogP contribution in [-0.2, 0) is 6.54 Å². The number of carbonyl (C=O) groups is 2. The molecule has 0 aliphatic carbocycles. The summed E-state index contributed by atoms with van der Waals surface area (Å²) in [4.78, 5) is 28.5. The minimum absolute atomic E-state index is 0.0400. The quantitative estimate of drug-likeness (QED) is 0.781. The van der Waals surface area contributed by atoms with Gasteiger partial charge in [0.15, 0.2) is 11.5 Å². The van der Waals surface area contributed by atoms with E-state index in [1.54, 1.807) is 49.5 Å². The van der Waals surface area contributed by atoms with Gasteiger partial charge in [0.2, 0.25) is 0 Å². The molecule has 0 spiro atoms. The number of urea groups is 1. The minimum Gasteiger partial charge on any atom is -0.504 e. The number of methoxy groups -OCH3 is 1. The van der Waals surface area contributed by atoms with Crippen molar-refractivity contribution in [3.63, 3.8) is 0 Å². The first kappa shape index (κ1) is 21.5. The Kier molecular flexibility index (Phi) is 6.82. The molecule has 0 unspecified atom stereocenters. The average Bonchev–Trinajstić information content (AvgIpc) is 2.75. The van der Waals surface area contributed by atoms with E-state index in [1.165, 1.54) is 12.0 Å². The van der Waals surface area contributed by atoms with Crippen LogP contribution in [0.15, 0.2) is 42.5 Å². The summed E-state index contributed by atoms with van der Waals surface area (Å²) in [7, 11) is 3.17. The van der Waals surface area contributed by atoms with Crippen molar-refractivity contribution in [2.75, 3.05) is 32.6 Å². The maximum absolute atomic E-state index is 12.6. The molecule has 1 heterocycles. The molecular weight excluding hydrogens is 382 g/mol. The highest BCUT2D eigenvalue weighted by Crippen LogP contribution is 2.26. The Morgan fingerprint density at radius 2 is 1.83 bits per heavy atom. The van der Waals surface area contributed by atoms with E-state index in [9.17, 15) is 14.7 Å². The van der Waals surface area contributed by atoms with Crippen LogP contribution in [0.4, 0.5) is 10.5 Å². The molecule has 3 rings (SSSR count). The van der Waals surface area contributed by atoms with Gasteiger partial charge in [-0.1, -0.05) is 13.0 Å². The van der Waals surface area contributed by atoms with Gasteiger partial charge in [0.1, 0.15) is 0 Å². The molecule has 1 aliphatic heterocycles. The Hall–Kier alpha value is -3.22. The molecule has 0 bridgehead atoms. The van der Waals surface area contributed by atoms with Gasteiger partial charge in [0, 0.05) is 37.9 Å². The average molecular weight is 412 g/mol. The van der Waals surface area contributed by atoms with E-state index in [4.69, 9.17) is 4.74 Å².